The van der Waals surface area contributed by atoms with Gasteiger partial charge in [0.05, 0.1) is 19.8 Å². The molecule has 2 N–H and O–H groups in total. The van der Waals surface area contributed by atoms with E-state index in [1.54, 1.807) is 20.3 Å². The van der Waals surface area contributed by atoms with Gasteiger partial charge in [-0.2, -0.15) is 0 Å². The highest BCUT2D eigenvalue weighted by Gasteiger charge is 2.15. The van der Waals surface area contributed by atoms with Gasteiger partial charge >= 0.3 is 0 Å². The minimum atomic E-state index is -0.171. The van der Waals surface area contributed by atoms with Crippen LogP contribution in [-0.2, 0) is 6.42 Å². The lowest BCUT2D eigenvalue weighted by Crippen LogP contribution is -2.26. The highest BCUT2D eigenvalue weighted by molar-refractivity contribution is 5.97. The number of ether oxygens (including phenoxy) is 2. The minimum Gasteiger partial charge on any atom is -0.496 e. The first kappa shape index (κ1) is 16.9. The molecular weight excluding hydrogens is 316 g/mol. The Labute approximate surface area is 147 Å². The van der Waals surface area contributed by atoms with Crippen LogP contribution >= 0.6 is 0 Å². The number of hydrogen-bond acceptors (Lipinski definition) is 3. The van der Waals surface area contributed by atoms with Gasteiger partial charge in [-0.3, -0.25) is 4.79 Å². The third-order valence-corrected chi connectivity index (χ3v) is 4.32. The first-order valence-electron chi connectivity index (χ1n) is 8.20. The number of amides is 1. The van der Waals surface area contributed by atoms with Crippen molar-refractivity contribution in [1.29, 1.82) is 0 Å². The van der Waals surface area contributed by atoms with Gasteiger partial charge < -0.3 is 19.8 Å². The second-order valence-corrected chi connectivity index (χ2v) is 5.89. The minimum absolute atomic E-state index is 0.171. The number of carbonyl (C=O) groups is 1. The summed E-state index contributed by atoms with van der Waals surface area (Å²) in [7, 11) is 3.15. The molecule has 3 aromatic rings. The Hall–Kier alpha value is -2.95. The molecule has 25 heavy (non-hydrogen) atoms. The Balaban J connectivity index is 1.70. The molecule has 0 unspecified atom stereocenters. The van der Waals surface area contributed by atoms with Crippen molar-refractivity contribution < 1.29 is 14.3 Å². The van der Waals surface area contributed by atoms with E-state index in [4.69, 9.17) is 9.47 Å². The normalized spacial score (nSPS) is 10.7. The molecule has 0 aliphatic heterocycles. The Morgan fingerprint density at radius 3 is 2.64 bits per heavy atom. The molecule has 5 heteroatoms. The van der Waals surface area contributed by atoms with Crippen LogP contribution in [0.4, 0.5) is 0 Å². The van der Waals surface area contributed by atoms with Crippen molar-refractivity contribution in [2.24, 2.45) is 0 Å². The average Bonchev–Trinajstić information content (AvgIpc) is 3.04. The van der Waals surface area contributed by atoms with E-state index in [1.165, 1.54) is 10.9 Å². The van der Waals surface area contributed by atoms with Gasteiger partial charge in [-0.05, 0) is 42.7 Å². The van der Waals surface area contributed by atoms with Crippen LogP contribution in [0.5, 0.6) is 11.5 Å². The van der Waals surface area contributed by atoms with Gasteiger partial charge in [-0.25, -0.2) is 0 Å². The number of hydrogen-bond donors (Lipinski definition) is 2. The van der Waals surface area contributed by atoms with Crippen LogP contribution in [0.25, 0.3) is 10.9 Å². The first-order valence-corrected chi connectivity index (χ1v) is 8.20. The molecule has 3 rings (SSSR count). The van der Waals surface area contributed by atoms with Crippen LogP contribution in [0.3, 0.4) is 0 Å². The maximum atomic E-state index is 12.5. The standard InChI is InChI=1S/C20H22N2O3/c1-13-10-19(25-3)16(11-18(13)24-2)20(23)21-9-8-14-12-22-17-7-5-4-6-15(14)17/h4-7,10-12,22H,8-9H2,1-3H3,(H,21,23). The lowest BCUT2D eigenvalue weighted by molar-refractivity contribution is 0.0950. The number of para-hydroxylation sites is 1. The van der Waals surface area contributed by atoms with E-state index >= 15 is 0 Å². The second kappa shape index (κ2) is 7.30. The van der Waals surface area contributed by atoms with E-state index in [1.807, 2.05) is 37.4 Å². The number of aryl methyl sites for hydroxylation is 1. The molecule has 0 saturated heterocycles. The maximum Gasteiger partial charge on any atom is 0.255 e. The van der Waals surface area contributed by atoms with Gasteiger partial charge in [0.1, 0.15) is 11.5 Å². The lowest BCUT2D eigenvalue weighted by atomic mass is 10.1. The van der Waals surface area contributed by atoms with Gasteiger partial charge in [-0.15, -0.1) is 0 Å². The van der Waals surface area contributed by atoms with E-state index in [-0.39, 0.29) is 5.91 Å². The molecule has 1 amide bonds. The van der Waals surface area contributed by atoms with Crippen molar-refractivity contribution in [3.05, 3.63) is 59.3 Å². The third kappa shape index (κ3) is 3.45. The van der Waals surface area contributed by atoms with E-state index in [9.17, 15) is 4.79 Å². The molecule has 0 fully saturated rings. The number of H-pyrrole nitrogens is 1. The number of fused-ring (bicyclic) bond motifs is 1. The summed E-state index contributed by atoms with van der Waals surface area (Å²) >= 11 is 0. The molecule has 0 spiro atoms. The Bertz CT molecular complexity index is 899. The fourth-order valence-corrected chi connectivity index (χ4v) is 2.97. The molecule has 5 nitrogen and oxygen atoms in total. The fourth-order valence-electron chi connectivity index (χ4n) is 2.97. The van der Waals surface area contributed by atoms with Gasteiger partial charge in [-0.1, -0.05) is 18.2 Å². The van der Waals surface area contributed by atoms with Crippen molar-refractivity contribution in [2.75, 3.05) is 20.8 Å². The average molecular weight is 338 g/mol. The van der Waals surface area contributed by atoms with Crippen molar-refractivity contribution in [2.45, 2.75) is 13.3 Å². The van der Waals surface area contributed by atoms with Crippen LogP contribution in [0.2, 0.25) is 0 Å². The van der Waals surface area contributed by atoms with E-state index in [2.05, 4.69) is 16.4 Å². The number of rotatable bonds is 6. The molecule has 0 aliphatic rings. The number of nitrogens with one attached hydrogen (secondary N) is 2. The topological polar surface area (TPSA) is 63.3 Å². The van der Waals surface area contributed by atoms with Gasteiger partial charge in [0.25, 0.3) is 5.91 Å². The third-order valence-electron chi connectivity index (χ3n) is 4.32. The second-order valence-electron chi connectivity index (χ2n) is 5.89. The van der Waals surface area contributed by atoms with Crippen molar-refractivity contribution >= 4 is 16.8 Å². The lowest BCUT2D eigenvalue weighted by Gasteiger charge is -2.13. The zero-order valence-corrected chi connectivity index (χ0v) is 14.7. The molecule has 0 radical (unpaired) electrons. The Morgan fingerprint density at radius 1 is 1.12 bits per heavy atom. The Morgan fingerprint density at radius 2 is 1.88 bits per heavy atom. The highest BCUT2D eigenvalue weighted by Crippen LogP contribution is 2.28. The summed E-state index contributed by atoms with van der Waals surface area (Å²) in [6.45, 7) is 2.46. The van der Waals surface area contributed by atoms with Gasteiger partial charge in [0, 0.05) is 23.6 Å². The highest BCUT2D eigenvalue weighted by atomic mass is 16.5. The molecule has 0 aliphatic carbocycles. The SMILES string of the molecule is COc1cc(C(=O)NCCc2c[nH]c3ccccc23)c(OC)cc1C. The van der Waals surface area contributed by atoms with Crippen molar-refractivity contribution in [3.63, 3.8) is 0 Å². The molecule has 1 aromatic heterocycles. The monoisotopic (exact) mass is 338 g/mol. The molecule has 0 saturated carbocycles. The summed E-state index contributed by atoms with van der Waals surface area (Å²) in [5, 5.41) is 4.15. The summed E-state index contributed by atoms with van der Waals surface area (Å²) in [4.78, 5) is 15.8. The van der Waals surface area contributed by atoms with Crippen LogP contribution in [0.15, 0.2) is 42.6 Å². The van der Waals surface area contributed by atoms with Crippen molar-refractivity contribution in [3.8, 4) is 11.5 Å². The van der Waals surface area contributed by atoms with Gasteiger partial charge in [0.15, 0.2) is 0 Å². The quantitative estimate of drug-likeness (QED) is 0.723. The zero-order chi connectivity index (χ0) is 17.8. The molecule has 130 valence electrons. The van der Waals surface area contributed by atoms with Crippen molar-refractivity contribution in [1.82, 2.24) is 10.3 Å². The molecule has 1 heterocycles. The van der Waals surface area contributed by atoms with Crippen LogP contribution in [-0.4, -0.2) is 31.7 Å². The number of carbonyl (C=O) groups excluding carboxylic acids is 1. The first-order chi connectivity index (χ1) is 12.1. The van der Waals surface area contributed by atoms with Crippen LogP contribution in [0, 0.1) is 6.92 Å². The van der Waals surface area contributed by atoms with E-state index in [0.717, 1.165) is 17.5 Å². The Kier molecular flexibility index (Phi) is 4.93. The number of aromatic amines is 1. The molecule has 0 atom stereocenters. The summed E-state index contributed by atoms with van der Waals surface area (Å²) < 4.78 is 10.6. The number of methoxy groups -OCH3 is 2. The number of benzene rings is 2. The summed E-state index contributed by atoms with van der Waals surface area (Å²) in [5.74, 6) is 1.04. The van der Waals surface area contributed by atoms with Crippen LogP contribution in [0.1, 0.15) is 21.5 Å². The zero-order valence-electron chi connectivity index (χ0n) is 14.7. The molecular formula is C20H22N2O3. The van der Waals surface area contributed by atoms with E-state index in [0.29, 0.717) is 23.6 Å². The summed E-state index contributed by atoms with van der Waals surface area (Å²) in [6.07, 6.45) is 2.74. The predicted molar refractivity (Wildman–Crippen MR) is 98.6 cm³/mol. The molecule has 2 aromatic carbocycles. The number of aromatic nitrogens is 1. The predicted octanol–water partition coefficient (Wildman–Crippen LogP) is 3.47. The smallest absolute Gasteiger partial charge is 0.255 e. The fraction of sp³-hybridized carbons (Fsp3) is 0.250. The van der Waals surface area contributed by atoms with Crippen LogP contribution < -0.4 is 14.8 Å². The summed E-state index contributed by atoms with van der Waals surface area (Å²) in [6, 6.07) is 11.7. The summed E-state index contributed by atoms with van der Waals surface area (Å²) in [5.41, 5.74) is 3.69. The maximum absolute atomic E-state index is 12.5. The van der Waals surface area contributed by atoms with Gasteiger partial charge in [0.2, 0.25) is 0 Å². The van der Waals surface area contributed by atoms with E-state index < -0.39 is 0 Å². The molecule has 0 bridgehead atoms. The largest absolute Gasteiger partial charge is 0.496 e.